The summed E-state index contributed by atoms with van der Waals surface area (Å²) in [7, 11) is 3.42. The van der Waals surface area contributed by atoms with E-state index in [1.807, 2.05) is 48.5 Å². The number of nitrogens with one attached hydrogen (secondary N) is 1. The van der Waals surface area contributed by atoms with E-state index < -0.39 is 47.6 Å². The van der Waals surface area contributed by atoms with Gasteiger partial charge in [-0.05, 0) is 22.3 Å². The van der Waals surface area contributed by atoms with Crippen LogP contribution >= 0.6 is 0 Å². The summed E-state index contributed by atoms with van der Waals surface area (Å²) in [5.41, 5.74) is 3.49. The van der Waals surface area contributed by atoms with Gasteiger partial charge in [0.1, 0.15) is 6.04 Å². The molecule has 0 bridgehead atoms. The lowest BCUT2D eigenvalue weighted by Gasteiger charge is -2.28. The third kappa shape index (κ3) is 4.08. The summed E-state index contributed by atoms with van der Waals surface area (Å²) in [6.07, 6.45) is 0. The number of benzene rings is 2. The Labute approximate surface area is 185 Å². The highest BCUT2D eigenvalue weighted by molar-refractivity contribution is 5.99. The predicted molar refractivity (Wildman–Crippen MR) is 114 cm³/mol. The van der Waals surface area contributed by atoms with Crippen LogP contribution in [0.5, 0.6) is 0 Å². The van der Waals surface area contributed by atoms with E-state index in [2.05, 4.69) is 5.32 Å². The molecule has 1 aliphatic rings. The summed E-state index contributed by atoms with van der Waals surface area (Å²) in [5.74, 6) is -6.04. The number of hydrogen-bond acceptors (Lipinski definition) is 7. The van der Waals surface area contributed by atoms with Crippen LogP contribution in [0.4, 0.5) is 0 Å². The number of amides is 1. The molecule has 0 heterocycles. The van der Waals surface area contributed by atoms with Gasteiger partial charge < -0.3 is 19.5 Å². The third-order valence-electron chi connectivity index (χ3n) is 5.81. The van der Waals surface area contributed by atoms with E-state index in [-0.39, 0.29) is 0 Å². The zero-order valence-corrected chi connectivity index (χ0v) is 18.3. The average Bonchev–Trinajstić information content (AvgIpc) is 3.16. The van der Waals surface area contributed by atoms with Crippen molar-refractivity contribution in [1.82, 2.24) is 5.32 Å². The monoisotopic (exact) mass is 439 g/mol. The first kappa shape index (κ1) is 23.0. The third-order valence-corrected chi connectivity index (χ3v) is 5.81. The van der Waals surface area contributed by atoms with Crippen LogP contribution in [0.3, 0.4) is 0 Å². The number of hydrogen-bond donors (Lipinski definition) is 1. The molecule has 0 spiro atoms. The van der Waals surface area contributed by atoms with E-state index >= 15 is 0 Å². The molecule has 0 saturated heterocycles. The van der Waals surface area contributed by atoms with Gasteiger partial charge in [0.2, 0.25) is 5.91 Å². The van der Waals surface area contributed by atoms with Gasteiger partial charge in [-0.15, -0.1) is 0 Å². The van der Waals surface area contributed by atoms with Crippen LogP contribution in [0.2, 0.25) is 0 Å². The molecule has 2 aromatic carbocycles. The van der Waals surface area contributed by atoms with Gasteiger partial charge in [0, 0.05) is 5.92 Å². The van der Waals surface area contributed by atoms with Crippen molar-refractivity contribution in [2.45, 2.75) is 18.9 Å². The lowest BCUT2D eigenvalue weighted by molar-refractivity contribution is -0.163. The van der Waals surface area contributed by atoms with E-state index in [0.717, 1.165) is 36.5 Å². The zero-order valence-electron chi connectivity index (χ0n) is 18.3. The number of rotatable bonds is 7. The van der Waals surface area contributed by atoms with Crippen LogP contribution < -0.4 is 5.32 Å². The number of esters is 3. The molecule has 0 fully saturated rings. The standard InChI is InChI=1S/C24H25NO7/c1-13(18(22(27)30-2)23(28)31-3)20(24(29)32-4)25-21(26)19-16-11-7-5-9-14(16)15-10-6-8-12-17(15)19/h5-13,18-20H,1-4H3,(H,25,26)/t13-,20+/m1/s1. The largest absolute Gasteiger partial charge is 0.468 e. The topological polar surface area (TPSA) is 108 Å². The quantitative estimate of drug-likeness (QED) is 0.400. The lowest BCUT2D eigenvalue weighted by atomic mass is 9.86. The minimum Gasteiger partial charge on any atom is -0.468 e. The molecule has 8 nitrogen and oxygen atoms in total. The van der Waals surface area contributed by atoms with Crippen molar-refractivity contribution in [3.05, 3.63) is 59.7 Å². The van der Waals surface area contributed by atoms with Crippen molar-refractivity contribution in [2.75, 3.05) is 21.3 Å². The lowest BCUT2D eigenvalue weighted by Crippen LogP contribution is -2.52. The highest BCUT2D eigenvalue weighted by atomic mass is 16.5. The molecule has 0 unspecified atom stereocenters. The predicted octanol–water partition coefficient (Wildman–Crippen LogP) is 2.05. The smallest absolute Gasteiger partial charge is 0.328 e. The van der Waals surface area contributed by atoms with Crippen molar-refractivity contribution in [3.8, 4) is 11.1 Å². The Hall–Kier alpha value is -3.68. The fourth-order valence-corrected chi connectivity index (χ4v) is 4.18. The summed E-state index contributed by atoms with van der Waals surface area (Å²) in [4.78, 5) is 50.5. The van der Waals surface area contributed by atoms with Gasteiger partial charge in [0.05, 0.1) is 27.2 Å². The van der Waals surface area contributed by atoms with Crippen molar-refractivity contribution < 1.29 is 33.4 Å². The first-order valence-electron chi connectivity index (χ1n) is 10.1. The molecule has 3 rings (SSSR count). The van der Waals surface area contributed by atoms with Gasteiger partial charge in [-0.1, -0.05) is 55.5 Å². The van der Waals surface area contributed by atoms with E-state index in [1.165, 1.54) is 14.0 Å². The second kappa shape index (κ2) is 9.64. The maximum atomic E-state index is 13.5. The number of carbonyl (C=O) groups is 4. The summed E-state index contributed by atoms with van der Waals surface area (Å²) in [6, 6.07) is 13.8. The maximum absolute atomic E-state index is 13.5. The zero-order chi connectivity index (χ0) is 23.4. The Kier molecular flexibility index (Phi) is 6.92. The molecular weight excluding hydrogens is 414 g/mol. The molecule has 8 heteroatoms. The first-order valence-corrected chi connectivity index (χ1v) is 10.1. The Balaban J connectivity index is 1.96. The van der Waals surface area contributed by atoms with Crippen LogP contribution in [0.1, 0.15) is 24.0 Å². The van der Waals surface area contributed by atoms with Crippen LogP contribution in [-0.4, -0.2) is 51.2 Å². The van der Waals surface area contributed by atoms with Gasteiger partial charge in [-0.25, -0.2) is 4.79 Å². The molecule has 32 heavy (non-hydrogen) atoms. The number of ether oxygens (including phenoxy) is 3. The average molecular weight is 439 g/mol. The van der Waals surface area contributed by atoms with Crippen LogP contribution in [0, 0.1) is 11.8 Å². The Morgan fingerprint density at radius 1 is 0.750 bits per heavy atom. The molecule has 2 atom stereocenters. The molecule has 2 aromatic rings. The molecular formula is C24H25NO7. The molecule has 1 N–H and O–H groups in total. The molecule has 1 aliphatic carbocycles. The summed E-state index contributed by atoms with van der Waals surface area (Å²) < 4.78 is 14.3. The fraction of sp³-hybridized carbons (Fsp3) is 0.333. The maximum Gasteiger partial charge on any atom is 0.328 e. The Morgan fingerprint density at radius 3 is 1.62 bits per heavy atom. The van der Waals surface area contributed by atoms with Crippen LogP contribution in [-0.2, 0) is 33.4 Å². The highest BCUT2D eigenvalue weighted by Gasteiger charge is 2.44. The Morgan fingerprint density at radius 2 is 1.19 bits per heavy atom. The second-order valence-corrected chi connectivity index (χ2v) is 7.50. The van der Waals surface area contributed by atoms with Gasteiger partial charge in [0.15, 0.2) is 5.92 Å². The molecule has 1 amide bonds. The molecule has 0 aliphatic heterocycles. The summed E-state index contributed by atoms with van der Waals surface area (Å²) >= 11 is 0. The van der Waals surface area contributed by atoms with Gasteiger partial charge >= 0.3 is 17.9 Å². The van der Waals surface area contributed by atoms with Crippen molar-refractivity contribution in [1.29, 1.82) is 0 Å². The Bertz CT molecular complexity index is 987. The van der Waals surface area contributed by atoms with Gasteiger partial charge in [-0.2, -0.15) is 0 Å². The van der Waals surface area contributed by atoms with E-state index in [4.69, 9.17) is 14.2 Å². The van der Waals surface area contributed by atoms with Crippen molar-refractivity contribution >= 4 is 23.8 Å². The van der Waals surface area contributed by atoms with Gasteiger partial charge in [0.25, 0.3) is 0 Å². The highest BCUT2D eigenvalue weighted by Crippen LogP contribution is 2.44. The van der Waals surface area contributed by atoms with E-state index in [0.29, 0.717) is 0 Å². The molecule has 0 aromatic heterocycles. The van der Waals surface area contributed by atoms with Crippen molar-refractivity contribution in [2.24, 2.45) is 11.8 Å². The van der Waals surface area contributed by atoms with Gasteiger partial charge in [-0.3, -0.25) is 14.4 Å². The normalized spacial score (nSPS) is 14.0. The molecule has 168 valence electrons. The summed E-state index contributed by atoms with van der Waals surface area (Å²) in [6.45, 7) is 1.48. The molecule has 0 saturated carbocycles. The van der Waals surface area contributed by atoms with Crippen molar-refractivity contribution in [3.63, 3.8) is 0 Å². The van der Waals surface area contributed by atoms with E-state index in [9.17, 15) is 19.2 Å². The molecule has 0 radical (unpaired) electrons. The summed E-state index contributed by atoms with van der Waals surface area (Å²) in [5, 5.41) is 2.70. The minimum atomic E-state index is -1.42. The fourth-order valence-electron chi connectivity index (χ4n) is 4.18. The van der Waals surface area contributed by atoms with Crippen LogP contribution in [0.15, 0.2) is 48.5 Å². The van der Waals surface area contributed by atoms with E-state index in [1.54, 1.807) is 0 Å². The number of methoxy groups -OCH3 is 3. The minimum absolute atomic E-state index is 0.446. The number of fused-ring (bicyclic) bond motifs is 3. The SMILES string of the molecule is COC(=O)C(C(=O)OC)[C@@H](C)[C@H](NC(=O)C1c2ccccc2-c2ccccc21)C(=O)OC. The first-order chi connectivity index (χ1) is 15.3. The number of carbonyl (C=O) groups excluding carboxylic acids is 4. The van der Waals surface area contributed by atoms with Crippen LogP contribution in [0.25, 0.3) is 11.1 Å². The second-order valence-electron chi connectivity index (χ2n) is 7.50.